The Morgan fingerprint density at radius 3 is 1.59 bits per heavy atom. The molecule has 0 spiro atoms. The summed E-state index contributed by atoms with van der Waals surface area (Å²) in [5.41, 5.74) is 0. The van der Waals surface area contributed by atoms with Crippen LogP contribution in [0.5, 0.6) is 0 Å². The first-order chi connectivity index (χ1) is 31.9. The van der Waals surface area contributed by atoms with Crippen LogP contribution in [-0.2, 0) is 57.0 Å². The average molecular weight is 999 g/mol. The number of aliphatic hydroxyl groups excluding tert-OH is 16. The number of aliphatic hydroxyl groups is 16. The fraction of sp³-hybridized carbons (Fsp3) is 0.919. The Bertz CT molecular complexity index is 1660. The standard InChI is InChI=1S/C37H62N2O29/c1-9(43)38-17-11(45)3-37(36(58)59,68-31(17)19(47)12(46)4-40)61-8-16-21(49)24(52)28(56)35(65-16)66-29-14(6-42)63-33(18(22(29)50)39-10(2)44)60-7-15-20(48)23(51)27(55)34(64-15)67-30-13(5-41)62-32(57)26(54)25(30)53/h11-35,40-42,45-57H,3-8H2,1-2H3,(H,38,43)(H,39,44)(H,58,59)/t11-,12+,13+,14+,15+,16+,17+,18+,19+,20-,21-,22+,23-,24-,25+,26+,27+,28+,29+,30+,31+,32-,33+,34-,35-,37+/m0/s1. The Morgan fingerprint density at radius 1 is 0.603 bits per heavy atom. The Balaban J connectivity index is 1.30. The van der Waals surface area contributed by atoms with Crippen LogP contribution >= 0.6 is 0 Å². The number of ether oxygens (including phenoxy) is 9. The summed E-state index contributed by atoms with van der Waals surface area (Å²) in [4.78, 5) is 36.9. The molecule has 5 saturated heterocycles. The summed E-state index contributed by atoms with van der Waals surface area (Å²) < 4.78 is 50.1. The van der Waals surface area contributed by atoms with Gasteiger partial charge in [-0.3, -0.25) is 9.59 Å². The third-order valence-electron chi connectivity index (χ3n) is 12.1. The molecule has 31 nitrogen and oxygen atoms in total. The van der Waals surface area contributed by atoms with E-state index in [1.807, 2.05) is 0 Å². The molecule has 0 aromatic heterocycles. The van der Waals surface area contributed by atoms with Gasteiger partial charge in [-0.05, 0) is 0 Å². The van der Waals surface area contributed by atoms with Gasteiger partial charge in [-0.25, -0.2) is 4.79 Å². The smallest absolute Gasteiger partial charge is 0.364 e. The van der Waals surface area contributed by atoms with Gasteiger partial charge in [0.2, 0.25) is 11.8 Å². The highest BCUT2D eigenvalue weighted by atomic mass is 16.8. The maximum atomic E-state index is 12.7. The van der Waals surface area contributed by atoms with Gasteiger partial charge in [0.1, 0.15) is 116 Å². The van der Waals surface area contributed by atoms with Gasteiger partial charge in [0, 0.05) is 20.3 Å². The van der Waals surface area contributed by atoms with Crippen molar-refractivity contribution in [2.24, 2.45) is 0 Å². The van der Waals surface area contributed by atoms with E-state index in [9.17, 15) is 101 Å². The Labute approximate surface area is 384 Å². The van der Waals surface area contributed by atoms with E-state index in [1.54, 1.807) is 0 Å². The molecule has 0 aromatic rings. The molecule has 0 aromatic carbocycles. The first-order valence-corrected chi connectivity index (χ1v) is 21.2. The van der Waals surface area contributed by atoms with Crippen molar-refractivity contribution >= 4 is 17.8 Å². The van der Waals surface area contributed by atoms with Crippen LogP contribution in [0.1, 0.15) is 20.3 Å². The molecule has 394 valence electrons. The van der Waals surface area contributed by atoms with Gasteiger partial charge in [-0.15, -0.1) is 0 Å². The number of carbonyl (C=O) groups excluding carboxylic acids is 2. The number of nitrogens with one attached hydrogen (secondary N) is 2. The van der Waals surface area contributed by atoms with E-state index < -0.39 is 216 Å². The second-order valence-electron chi connectivity index (χ2n) is 16.9. The van der Waals surface area contributed by atoms with Crippen molar-refractivity contribution in [2.45, 2.75) is 179 Å². The van der Waals surface area contributed by atoms with Crippen LogP contribution in [0.3, 0.4) is 0 Å². The van der Waals surface area contributed by atoms with E-state index in [4.69, 9.17) is 42.6 Å². The minimum absolute atomic E-state index is 0.771. The molecule has 5 rings (SSSR count). The topological polar surface area (TPSA) is 502 Å². The van der Waals surface area contributed by atoms with Crippen molar-refractivity contribution in [3.05, 3.63) is 0 Å². The van der Waals surface area contributed by atoms with Gasteiger partial charge in [-0.1, -0.05) is 0 Å². The molecule has 68 heavy (non-hydrogen) atoms. The second kappa shape index (κ2) is 23.8. The van der Waals surface area contributed by atoms with Crippen LogP contribution in [-0.4, -0.2) is 297 Å². The highest BCUT2D eigenvalue weighted by Gasteiger charge is 2.58. The van der Waals surface area contributed by atoms with Gasteiger partial charge in [0.15, 0.2) is 25.2 Å². The quantitative estimate of drug-likeness (QED) is 0.0606. The van der Waals surface area contributed by atoms with Crippen LogP contribution < -0.4 is 10.6 Å². The molecule has 2 amide bonds. The number of hydrogen-bond donors (Lipinski definition) is 19. The van der Waals surface area contributed by atoms with E-state index in [-0.39, 0.29) is 0 Å². The molecule has 5 aliphatic heterocycles. The molecule has 0 bridgehead atoms. The van der Waals surface area contributed by atoms with E-state index in [2.05, 4.69) is 10.6 Å². The van der Waals surface area contributed by atoms with E-state index >= 15 is 0 Å². The third kappa shape index (κ3) is 12.2. The first kappa shape index (κ1) is 56.3. The Kier molecular flexibility index (Phi) is 19.7. The van der Waals surface area contributed by atoms with Gasteiger partial charge < -0.3 is 140 Å². The minimum atomic E-state index is -2.94. The molecule has 26 atom stereocenters. The first-order valence-electron chi connectivity index (χ1n) is 21.2. The molecular formula is C37H62N2O29. The summed E-state index contributed by atoms with van der Waals surface area (Å²) in [6.07, 6.45) is -45.3. The van der Waals surface area contributed by atoms with Crippen molar-refractivity contribution in [2.75, 3.05) is 33.0 Å². The lowest BCUT2D eigenvalue weighted by molar-refractivity contribution is -0.367. The highest BCUT2D eigenvalue weighted by Crippen LogP contribution is 2.36. The summed E-state index contributed by atoms with van der Waals surface area (Å²) >= 11 is 0. The third-order valence-corrected chi connectivity index (χ3v) is 12.1. The molecule has 5 aliphatic rings. The number of aliphatic carboxylic acids is 1. The summed E-state index contributed by atoms with van der Waals surface area (Å²) in [5, 5.41) is 183. The van der Waals surface area contributed by atoms with E-state index in [1.165, 1.54) is 0 Å². The molecule has 5 heterocycles. The molecule has 19 N–H and O–H groups in total. The van der Waals surface area contributed by atoms with Crippen molar-refractivity contribution < 1.29 is 144 Å². The average Bonchev–Trinajstić information content (AvgIpc) is 3.29. The summed E-state index contributed by atoms with van der Waals surface area (Å²) in [6, 6.07) is -3.24. The fourth-order valence-electron chi connectivity index (χ4n) is 8.33. The molecule has 0 saturated carbocycles. The van der Waals surface area contributed by atoms with Gasteiger partial charge in [-0.2, -0.15) is 0 Å². The monoisotopic (exact) mass is 998 g/mol. The predicted octanol–water partition coefficient (Wildman–Crippen LogP) is -12.4. The Hall–Kier alpha value is -2.59. The zero-order valence-corrected chi connectivity index (χ0v) is 36.2. The number of hydrogen-bond acceptors (Lipinski definition) is 28. The zero-order valence-electron chi connectivity index (χ0n) is 36.2. The van der Waals surface area contributed by atoms with Crippen LogP contribution in [0.15, 0.2) is 0 Å². The maximum absolute atomic E-state index is 12.7. The van der Waals surface area contributed by atoms with Crippen LogP contribution in [0.2, 0.25) is 0 Å². The lowest BCUT2D eigenvalue weighted by atomic mass is 9.88. The van der Waals surface area contributed by atoms with Crippen molar-refractivity contribution in [1.29, 1.82) is 0 Å². The lowest BCUT2D eigenvalue weighted by Crippen LogP contribution is -2.69. The Morgan fingerprint density at radius 2 is 1.09 bits per heavy atom. The van der Waals surface area contributed by atoms with E-state index in [0.29, 0.717) is 0 Å². The molecule has 0 unspecified atom stereocenters. The normalized spacial score (nSPS) is 46.6. The van der Waals surface area contributed by atoms with Crippen molar-refractivity contribution in [3.63, 3.8) is 0 Å². The fourth-order valence-corrected chi connectivity index (χ4v) is 8.33. The summed E-state index contributed by atoms with van der Waals surface area (Å²) in [5.74, 6) is -6.48. The van der Waals surface area contributed by atoms with Crippen LogP contribution in [0.4, 0.5) is 0 Å². The van der Waals surface area contributed by atoms with Gasteiger partial charge in [0.25, 0.3) is 5.79 Å². The number of rotatable bonds is 18. The molecule has 0 radical (unpaired) electrons. The van der Waals surface area contributed by atoms with Crippen LogP contribution in [0, 0.1) is 0 Å². The molecule has 31 heteroatoms. The zero-order chi connectivity index (χ0) is 50.7. The number of carboxylic acid groups (broad SMARTS) is 1. The predicted molar refractivity (Wildman–Crippen MR) is 207 cm³/mol. The largest absolute Gasteiger partial charge is 0.477 e. The highest BCUT2D eigenvalue weighted by molar-refractivity contribution is 5.76. The SMILES string of the molecule is CC(=O)N[C@H]1[C@H](OC[C@H]2O[C@@H](O[C@H]3[C@H](O)[C@@H](O)[C@@H](O)O[C@@H]3CO)[C@H](O)[C@@H](O)[C@H]2O)O[C@H](CO)[C@@H](O[C@@H]2O[C@H](CO[C@]3(C(=O)O)C[C@H](O)[C@@H](NC(C)=O)[C@H]([C@H](O)[C@H](O)CO)O3)[C@H](O)[C@H](O)[C@H]2O)[C@@H]1O. The maximum Gasteiger partial charge on any atom is 0.364 e. The molecular weight excluding hydrogens is 936 g/mol. The van der Waals surface area contributed by atoms with E-state index in [0.717, 1.165) is 13.8 Å². The summed E-state index contributed by atoms with van der Waals surface area (Å²) in [6.45, 7) is -2.82. The van der Waals surface area contributed by atoms with Crippen molar-refractivity contribution in [3.8, 4) is 0 Å². The summed E-state index contributed by atoms with van der Waals surface area (Å²) in [7, 11) is 0. The number of carbonyl (C=O) groups is 3. The number of carboxylic acids is 1. The number of amides is 2. The van der Waals surface area contributed by atoms with Gasteiger partial charge >= 0.3 is 5.97 Å². The second-order valence-corrected chi connectivity index (χ2v) is 16.9. The molecule has 0 aliphatic carbocycles. The lowest BCUT2D eigenvalue weighted by Gasteiger charge is -2.48. The van der Waals surface area contributed by atoms with Crippen LogP contribution in [0.25, 0.3) is 0 Å². The molecule has 5 fully saturated rings. The van der Waals surface area contributed by atoms with Crippen molar-refractivity contribution in [1.82, 2.24) is 10.6 Å². The minimum Gasteiger partial charge on any atom is -0.477 e. The van der Waals surface area contributed by atoms with Gasteiger partial charge in [0.05, 0.1) is 45.2 Å².